The van der Waals surface area contributed by atoms with Crippen LogP contribution in [0.15, 0.2) is 97.1 Å². The molecular formula is C26H23NO. The molecule has 0 aliphatic rings. The zero-order valence-corrected chi connectivity index (χ0v) is 15.9. The summed E-state index contributed by atoms with van der Waals surface area (Å²) in [6.07, 6.45) is 0.997. The molecule has 0 spiro atoms. The lowest BCUT2D eigenvalue weighted by Gasteiger charge is -2.18. The summed E-state index contributed by atoms with van der Waals surface area (Å²) < 4.78 is 0. The van der Waals surface area contributed by atoms with E-state index in [0.29, 0.717) is 0 Å². The van der Waals surface area contributed by atoms with Crippen molar-refractivity contribution in [3.05, 3.63) is 114 Å². The molecule has 4 aromatic rings. The number of carbonyl (C=O) groups excluding carboxylic acids is 1. The predicted octanol–water partition coefficient (Wildman–Crippen LogP) is 6.17. The molecule has 2 heteroatoms. The van der Waals surface area contributed by atoms with E-state index in [0.717, 1.165) is 28.6 Å². The Morgan fingerprint density at radius 1 is 0.750 bits per heavy atom. The first-order chi connectivity index (χ1) is 13.7. The molecule has 0 heterocycles. The van der Waals surface area contributed by atoms with Gasteiger partial charge in [-0.3, -0.25) is 4.79 Å². The minimum Gasteiger partial charge on any atom is -0.325 e. The number of rotatable bonds is 5. The lowest BCUT2D eigenvalue weighted by atomic mass is 9.90. The Morgan fingerprint density at radius 3 is 1.96 bits per heavy atom. The van der Waals surface area contributed by atoms with E-state index in [9.17, 15) is 4.79 Å². The Kier molecular flexibility index (Phi) is 5.20. The highest BCUT2D eigenvalue weighted by atomic mass is 16.1. The highest BCUT2D eigenvalue weighted by Gasteiger charge is 2.22. The van der Waals surface area contributed by atoms with Gasteiger partial charge in [-0.1, -0.05) is 91.9 Å². The number of fused-ring (bicyclic) bond motifs is 1. The van der Waals surface area contributed by atoms with Crippen LogP contribution in [0.25, 0.3) is 10.8 Å². The van der Waals surface area contributed by atoms with Gasteiger partial charge in [0.1, 0.15) is 0 Å². The monoisotopic (exact) mass is 365 g/mol. The molecule has 0 fully saturated rings. The van der Waals surface area contributed by atoms with Gasteiger partial charge in [0.2, 0.25) is 5.91 Å². The number of anilines is 1. The normalized spacial score (nSPS) is 10.9. The van der Waals surface area contributed by atoms with Crippen LogP contribution >= 0.6 is 0 Å². The van der Waals surface area contributed by atoms with Crippen molar-refractivity contribution in [3.63, 3.8) is 0 Å². The summed E-state index contributed by atoms with van der Waals surface area (Å²) in [6, 6.07) is 32.4. The molecule has 1 amide bonds. The van der Waals surface area contributed by atoms with Gasteiger partial charge in [0.25, 0.3) is 0 Å². The van der Waals surface area contributed by atoms with Crippen molar-refractivity contribution in [2.24, 2.45) is 0 Å². The largest absolute Gasteiger partial charge is 0.325 e. The van der Waals surface area contributed by atoms with Crippen LogP contribution in [0.5, 0.6) is 0 Å². The van der Waals surface area contributed by atoms with Crippen molar-refractivity contribution in [1.82, 2.24) is 0 Å². The van der Waals surface area contributed by atoms with E-state index in [1.54, 1.807) is 0 Å². The first-order valence-electron chi connectivity index (χ1n) is 9.68. The Bertz CT molecular complexity index is 1050. The van der Waals surface area contributed by atoms with Gasteiger partial charge in [0, 0.05) is 5.69 Å². The molecule has 0 aliphatic heterocycles. The van der Waals surface area contributed by atoms with E-state index in [1.807, 2.05) is 66.7 Å². The maximum atomic E-state index is 13.3. The van der Waals surface area contributed by atoms with E-state index in [4.69, 9.17) is 0 Å². The molecule has 2 nitrogen and oxygen atoms in total. The average molecular weight is 365 g/mol. The summed E-state index contributed by atoms with van der Waals surface area (Å²) in [5, 5.41) is 5.45. The van der Waals surface area contributed by atoms with Gasteiger partial charge < -0.3 is 5.32 Å². The van der Waals surface area contributed by atoms with Gasteiger partial charge in [-0.05, 0) is 46.0 Å². The lowest BCUT2D eigenvalue weighted by molar-refractivity contribution is -0.116. The Morgan fingerprint density at radius 2 is 1.36 bits per heavy atom. The zero-order valence-electron chi connectivity index (χ0n) is 15.9. The van der Waals surface area contributed by atoms with Crippen molar-refractivity contribution in [2.45, 2.75) is 19.3 Å². The quantitative estimate of drug-likeness (QED) is 0.450. The molecule has 4 aromatic carbocycles. The molecule has 1 N–H and O–H groups in total. The highest BCUT2D eigenvalue weighted by molar-refractivity contribution is 6.00. The van der Waals surface area contributed by atoms with Crippen molar-refractivity contribution >= 4 is 22.4 Å². The molecule has 0 aromatic heterocycles. The van der Waals surface area contributed by atoms with E-state index in [2.05, 4.69) is 42.6 Å². The van der Waals surface area contributed by atoms with Crippen LogP contribution in [0.3, 0.4) is 0 Å². The Hall–Kier alpha value is -3.39. The van der Waals surface area contributed by atoms with Crippen LogP contribution in [0, 0.1) is 0 Å². The Labute approximate surface area is 165 Å². The molecule has 138 valence electrons. The summed E-state index contributed by atoms with van der Waals surface area (Å²) in [4.78, 5) is 13.3. The number of carbonyl (C=O) groups is 1. The van der Waals surface area contributed by atoms with Crippen LogP contribution in [0.4, 0.5) is 5.69 Å². The van der Waals surface area contributed by atoms with Crippen molar-refractivity contribution in [1.29, 1.82) is 0 Å². The third-order valence-electron chi connectivity index (χ3n) is 5.11. The molecular weight excluding hydrogens is 342 g/mol. The van der Waals surface area contributed by atoms with E-state index >= 15 is 0 Å². The van der Waals surface area contributed by atoms with Crippen LogP contribution in [-0.2, 0) is 11.2 Å². The minimum absolute atomic E-state index is 0.0246. The average Bonchev–Trinajstić information content (AvgIpc) is 2.75. The number of benzene rings is 4. The van der Waals surface area contributed by atoms with Crippen LogP contribution < -0.4 is 5.32 Å². The fourth-order valence-electron chi connectivity index (χ4n) is 3.59. The first kappa shape index (κ1) is 18.0. The molecule has 0 bridgehead atoms. The second-order valence-corrected chi connectivity index (χ2v) is 6.99. The van der Waals surface area contributed by atoms with Crippen molar-refractivity contribution < 1.29 is 4.79 Å². The third-order valence-corrected chi connectivity index (χ3v) is 5.11. The SMILES string of the molecule is CCc1ccc2ccc(NC(=O)C(c3ccccc3)c3ccccc3)cc2c1. The molecule has 0 atom stereocenters. The minimum atomic E-state index is -0.347. The van der Waals surface area contributed by atoms with Crippen LogP contribution in [0.2, 0.25) is 0 Å². The fraction of sp³-hybridized carbons (Fsp3) is 0.115. The maximum absolute atomic E-state index is 13.3. The van der Waals surface area contributed by atoms with E-state index < -0.39 is 0 Å². The molecule has 0 saturated heterocycles. The van der Waals surface area contributed by atoms with Gasteiger partial charge in [-0.2, -0.15) is 0 Å². The van der Waals surface area contributed by atoms with Gasteiger partial charge in [0.05, 0.1) is 5.92 Å². The molecule has 0 aliphatic carbocycles. The molecule has 0 saturated carbocycles. The first-order valence-corrected chi connectivity index (χ1v) is 9.68. The second-order valence-electron chi connectivity index (χ2n) is 6.99. The van der Waals surface area contributed by atoms with Crippen LogP contribution in [0.1, 0.15) is 29.5 Å². The number of nitrogens with one attached hydrogen (secondary N) is 1. The van der Waals surface area contributed by atoms with Crippen molar-refractivity contribution in [2.75, 3.05) is 5.32 Å². The summed E-state index contributed by atoms with van der Waals surface area (Å²) in [5.74, 6) is -0.372. The van der Waals surface area contributed by atoms with E-state index in [1.165, 1.54) is 10.9 Å². The topological polar surface area (TPSA) is 29.1 Å². The van der Waals surface area contributed by atoms with Gasteiger partial charge in [-0.25, -0.2) is 0 Å². The molecule has 0 radical (unpaired) electrons. The van der Waals surface area contributed by atoms with Gasteiger partial charge in [-0.15, -0.1) is 0 Å². The second kappa shape index (κ2) is 8.10. The number of amides is 1. The van der Waals surface area contributed by atoms with Crippen LogP contribution in [-0.4, -0.2) is 5.91 Å². The summed E-state index contributed by atoms with van der Waals surface area (Å²) in [5.41, 5.74) is 4.09. The Balaban J connectivity index is 1.67. The highest BCUT2D eigenvalue weighted by Crippen LogP contribution is 2.27. The smallest absolute Gasteiger partial charge is 0.236 e. The fourth-order valence-corrected chi connectivity index (χ4v) is 3.59. The number of hydrogen-bond acceptors (Lipinski definition) is 1. The number of hydrogen-bond donors (Lipinski definition) is 1. The van der Waals surface area contributed by atoms with Crippen molar-refractivity contribution in [3.8, 4) is 0 Å². The van der Waals surface area contributed by atoms with Gasteiger partial charge in [0.15, 0.2) is 0 Å². The standard InChI is InChI=1S/C26H23NO/c1-2-19-13-14-20-15-16-24(18-23(20)17-19)27-26(28)25(21-9-5-3-6-10-21)22-11-7-4-8-12-22/h3-18,25H,2H2,1H3,(H,27,28). The zero-order chi connectivity index (χ0) is 19.3. The summed E-state index contributed by atoms with van der Waals surface area (Å²) >= 11 is 0. The maximum Gasteiger partial charge on any atom is 0.236 e. The predicted molar refractivity (Wildman–Crippen MR) is 117 cm³/mol. The molecule has 28 heavy (non-hydrogen) atoms. The lowest BCUT2D eigenvalue weighted by Crippen LogP contribution is -2.22. The third kappa shape index (κ3) is 3.81. The summed E-state index contributed by atoms with van der Waals surface area (Å²) in [7, 11) is 0. The molecule has 4 rings (SSSR count). The van der Waals surface area contributed by atoms with E-state index in [-0.39, 0.29) is 11.8 Å². The van der Waals surface area contributed by atoms with Gasteiger partial charge >= 0.3 is 0 Å². The molecule has 0 unspecified atom stereocenters. The number of aryl methyl sites for hydroxylation is 1. The summed E-state index contributed by atoms with van der Waals surface area (Å²) in [6.45, 7) is 2.15.